The van der Waals surface area contributed by atoms with Crippen LogP contribution in [0, 0.1) is 11.8 Å². The van der Waals surface area contributed by atoms with Gasteiger partial charge in [-0.3, -0.25) is 9.59 Å². The third kappa shape index (κ3) is 5.70. The van der Waals surface area contributed by atoms with Crippen LogP contribution in [0.5, 0.6) is 0 Å². The molecule has 2 unspecified atom stereocenters. The van der Waals surface area contributed by atoms with E-state index in [4.69, 9.17) is 11.6 Å². The maximum atomic E-state index is 12.9. The Balaban J connectivity index is 1.68. The van der Waals surface area contributed by atoms with Gasteiger partial charge in [-0.1, -0.05) is 29.8 Å². The first-order valence-corrected chi connectivity index (χ1v) is 10.2. The zero-order valence-electron chi connectivity index (χ0n) is 16.5. The Morgan fingerprint density at radius 3 is 2.69 bits per heavy atom. The van der Waals surface area contributed by atoms with Crippen molar-refractivity contribution >= 4 is 29.2 Å². The minimum Gasteiger partial charge on any atom is -0.481 e. The number of halogens is 1. The molecule has 0 bridgehead atoms. The van der Waals surface area contributed by atoms with Crippen molar-refractivity contribution in [3.63, 3.8) is 0 Å². The van der Waals surface area contributed by atoms with Gasteiger partial charge in [0.2, 0.25) is 0 Å². The highest BCUT2D eigenvalue weighted by Gasteiger charge is 2.33. The summed E-state index contributed by atoms with van der Waals surface area (Å²) in [5, 5.41) is 9.60. The molecule has 29 heavy (non-hydrogen) atoms. The van der Waals surface area contributed by atoms with Crippen molar-refractivity contribution in [2.24, 2.45) is 11.8 Å². The van der Waals surface area contributed by atoms with Crippen LogP contribution in [0.25, 0.3) is 0 Å². The van der Waals surface area contributed by atoms with Crippen LogP contribution < -0.4 is 4.90 Å². The summed E-state index contributed by atoms with van der Waals surface area (Å²) >= 11 is 5.93. The van der Waals surface area contributed by atoms with Crippen LogP contribution in [-0.2, 0) is 4.79 Å². The van der Waals surface area contributed by atoms with E-state index in [1.807, 2.05) is 30.1 Å². The van der Waals surface area contributed by atoms with Gasteiger partial charge in [-0.25, -0.2) is 4.98 Å². The number of carbonyl (C=O) groups is 2. The number of para-hydroxylation sites is 1. The Labute approximate surface area is 176 Å². The molecule has 2 atom stereocenters. The molecule has 1 amide bonds. The van der Waals surface area contributed by atoms with E-state index in [9.17, 15) is 14.7 Å². The number of carbonyl (C=O) groups excluding carboxylic acids is 1. The smallest absolute Gasteiger partial charge is 0.303 e. The highest BCUT2D eigenvalue weighted by atomic mass is 35.5. The van der Waals surface area contributed by atoms with Gasteiger partial charge in [-0.15, -0.1) is 0 Å². The second-order valence-corrected chi connectivity index (χ2v) is 7.96. The zero-order chi connectivity index (χ0) is 20.8. The number of hydrogen-bond acceptors (Lipinski definition) is 4. The van der Waals surface area contributed by atoms with Crippen LogP contribution in [0.4, 0.5) is 5.69 Å². The summed E-state index contributed by atoms with van der Waals surface area (Å²) in [7, 11) is 2.03. The van der Waals surface area contributed by atoms with Crippen molar-refractivity contribution in [1.82, 2.24) is 9.88 Å². The SMILES string of the molecule is CN(CCC1CN(C(=O)c2ccnc(Cl)c2)CCC1CC(=O)O)c1ccccc1. The van der Waals surface area contributed by atoms with E-state index < -0.39 is 5.97 Å². The quantitative estimate of drug-likeness (QED) is 0.696. The number of pyridine rings is 1. The van der Waals surface area contributed by atoms with Crippen molar-refractivity contribution in [2.75, 3.05) is 31.6 Å². The fourth-order valence-corrected chi connectivity index (χ4v) is 4.15. The van der Waals surface area contributed by atoms with E-state index in [0.29, 0.717) is 25.1 Å². The summed E-state index contributed by atoms with van der Waals surface area (Å²) in [6.45, 7) is 1.91. The number of benzene rings is 1. The minimum atomic E-state index is -0.780. The first-order chi connectivity index (χ1) is 13.9. The maximum absolute atomic E-state index is 12.9. The number of anilines is 1. The first-order valence-electron chi connectivity index (χ1n) is 9.83. The zero-order valence-corrected chi connectivity index (χ0v) is 17.3. The van der Waals surface area contributed by atoms with Gasteiger partial charge in [0.25, 0.3) is 5.91 Å². The normalized spacial score (nSPS) is 19.0. The van der Waals surface area contributed by atoms with Crippen LogP contribution in [0.1, 0.15) is 29.6 Å². The third-order valence-corrected chi connectivity index (χ3v) is 5.83. The van der Waals surface area contributed by atoms with Gasteiger partial charge in [-0.2, -0.15) is 0 Å². The molecule has 2 aromatic rings. The lowest BCUT2D eigenvalue weighted by Gasteiger charge is -2.39. The van der Waals surface area contributed by atoms with Gasteiger partial charge in [0.15, 0.2) is 0 Å². The summed E-state index contributed by atoms with van der Waals surface area (Å²) in [5.41, 5.74) is 1.64. The Kier molecular flexibility index (Phi) is 7.09. The predicted octanol–water partition coefficient (Wildman–Crippen LogP) is 3.81. The topological polar surface area (TPSA) is 73.7 Å². The molecule has 1 saturated heterocycles. The molecule has 1 aromatic carbocycles. The van der Waals surface area contributed by atoms with Crippen LogP contribution in [0.3, 0.4) is 0 Å². The molecular formula is C22H26ClN3O3. The first kappa shape index (κ1) is 21.1. The third-order valence-electron chi connectivity index (χ3n) is 5.62. The number of carboxylic acid groups (broad SMARTS) is 1. The molecule has 0 spiro atoms. The highest BCUT2D eigenvalue weighted by Crippen LogP contribution is 2.30. The Morgan fingerprint density at radius 2 is 2.00 bits per heavy atom. The number of amides is 1. The standard InChI is InChI=1S/C22H26ClN3O3/c1-25(19-5-3-2-4-6-19)11-8-18-15-26(12-9-16(18)14-21(27)28)22(29)17-7-10-24-20(23)13-17/h2-7,10,13,16,18H,8-9,11-12,14-15H2,1H3,(H,27,28). The van der Waals surface area contributed by atoms with Crippen LogP contribution in [0.15, 0.2) is 48.7 Å². The lowest BCUT2D eigenvalue weighted by molar-refractivity contribution is -0.139. The average Bonchev–Trinajstić information content (AvgIpc) is 2.72. The van der Waals surface area contributed by atoms with Crippen LogP contribution in [-0.4, -0.2) is 53.5 Å². The molecule has 0 aliphatic carbocycles. The highest BCUT2D eigenvalue weighted by molar-refractivity contribution is 6.29. The fraction of sp³-hybridized carbons (Fsp3) is 0.409. The van der Waals surface area contributed by atoms with Gasteiger partial charge in [-0.05, 0) is 48.9 Å². The number of likely N-dealkylation sites (tertiary alicyclic amines) is 1. The van der Waals surface area contributed by atoms with Crippen molar-refractivity contribution in [3.05, 3.63) is 59.4 Å². The van der Waals surface area contributed by atoms with Crippen LogP contribution >= 0.6 is 11.6 Å². The number of hydrogen-bond donors (Lipinski definition) is 1. The monoisotopic (exact) mass is 415 g/mol. The van der Waals surface area contributed by atoms with E-state index >= 15 is 0 Å². The fourth-order valence-electron chi connectivity index (χ4n) is 3.97. The molecule has 7 heteroatoms. The van der Waals surface area contributed by atoms with Crippen LogP contribution in [0.2, 0.25) is 5.15 Å². The van der Waals surface area contributed by atoms with Gasteiger partial charge < -0.3 is 14.9 Å². The Bertz CT molecular complexity index is 846. The molecule has 1 fully saturated rings. The molecule has 1 aliphatic rings. The molecular weight excluding hydrogens is 390 g/mol. The van der Waals surface area contributed by atoms with Crippen molar-refractivity contribution in [1.29, 1.82) is 0 Å². The van der Waals surface area contributed by atoms with Gasteiger partial charge in [0.05, 0.1) is 0 Å². The number of aliphatic carboxylic acids is 1. The molecule has 154 valence electrons. The predicted molar refractivity (Wildman–Crippen MR) is 113 cm³/mol. The maximum Gasteiger partial charge on any atom is 0.303 e. The molecule has 1 N–H and O–H groups in total. The lowest BCUT2D eigenvalue weighted by Crippen LogP contribution is -2.45. The number of rotatable bonds is 7. The van der Waals surface area contributed by atoms with E-state index in [0.717, 1.165) is 18.7 Å². The average molecular weight is 416 g/mol. The second-order valence-electron chi connectivity index (χ2n) is 7.57. The van der Waals surface area contributed by atoms with Crippen molar-refractivity contribution in [2.45, 2.75) is 19.3 Å². The second kappa shape index (κ2) is 9.74. The van der Waals surface area contributed by atoms with E-state index in [1.165, 1.54) is 6.20 Å². The molecule has 3 rings (SSSR count). The van der Waals surface area contributed by atoms with Gasteiger partial charge >= 0.3 is 5.97 Å². The van der Waals surface area contributed by atoms with E-state index in [1.54, 1.807) is 12.1 Å². The molecule has 1 aromatic heterocycles. The van der Waals surface area contributed by atoms with Crippen molar-refractivity contribution in [3.8, 4) is 0 Å². The number of nitrogens with zero attached hydrogens (tertiary/aromatic N) is 3. The Hall–Kier alpha value is -2.60. The summed E-state index contributed by atoms with van der Waals surface area (Å²) in [6, 6.07) is 13.3. The summed E-state index contributed by atoms with van der Waals surface area (Å²) in [4.78, 5) is 32.1. The Morgan fingerprint density at radius 1 is 1.24 bits per heavy atom. The van der Waals surface area contributed by atoms with E-state index in [2.05, 4.69) is 22.0 Å². The summed E-state index contributed by atoms with van der Waals surface area (Å²) in [5.74, 6) is -0.657. The van der Waals surface area contributed by atoms with Gasteiger partial charge in [0.1, 0.15) is 5.15 Å². The molecule has 2 heterocycles. The van der Waals surface area contributed by atoms with E-state index in [-0.39, 0.29) is 29.3 Å². The lowest BCUT2D eigenvalue weighted by atomic mass is 9.81. The number of piperidine rings is 1. The minimum absolute atomic E-state index is 0.0711. The molecule has 6 nitrogen and oxygen atoms in total. The number of carboxylic acids is 1. The molecule has 1 aliphatic heterocycles. The molecule has 0 saturated carbocycles. The largest absolute Gasteiger partial charge is 0.481 e. The summed E-state index contributed by atoms with van der Waals surface area (Å²) in [6.07, 6.45) is 3.18. The summed E-state index contributed by atoms with van der Waals surface area (Å²) < 4.78 is 0. The van der Waals surface area contributed by atoms with Crippen molar-refractivity contribution < 1.29 is 14.7 Å². The number of aromatic nitrogens is 1. The van der Waals surface area contributed by atoms with Gasteiger partial charge in [0, 0.05) is 50.6 Å². The molecule has 0 radical (unpaired) electrons.